The smallest absolute Gasteiger partial charge is 0.278 e. The molecule has 13 heteroatoms. The third kappa shape index (κ3) is 6.58. The van der Waals surface area contributed by atoms with E-state index in [1.807, 2.05) is 0 Å². The maximum absolute atomic E-state index is 14.1. The number of pyridine rings is 1. The Labute approximate surface area is 233 Å². The lowest BCUT2D eigenvalue weighted by molar-refractivity contribution is -0.124. The first-order valence-electron chi connectivity index (χ1n) is 12.5. The molecule has 0 saturated carbocycles. The van der Waals surface area contributed by atoms with Crippen molar-refractivity contribution in [1.82, 2.24) is 14.9 Å². The van der Waals surface area contributed by atoms with Gasteiger partial charge >= 0.3 is 0 Å². The molecule has 41 heavy (non-hydrogen) atoms. The number of fused-ring (bicyclic) bond motifs is 1. The van der Waals surface area contributed by atoms with Gasteiger partial charge in [-0.15, -0.1) is 0 Å². The fourth-order valence-electron chi connectivity index (χ4n) is 4.14. The fraction of sp³-hybridized carbons (Fsp3) is 0.286. The highest BCUT2D eigenvalue weighted by atomic mass is 19.1. The second-order valence-corrected chi connectivity index (χ2v) is 9.02. The first-order chi connectivity index (χ1) is 19.7. The first-order valence-corrected chi connectivity index (χ1v) is 12.5. The number of nitrogens with one attached hydrogen (secondary N) is 1. The number of carbonyl (C=O) groups excluding carboxylic acids is 3. The standard InChI is InChI=1S/C28H28F2N4O7/c1-39-11-10-32-17-34(23(35)16-40-2)33-14-21(27(37)31-13-19-8-9-20(29)12-22(19)30)25(36)26(24(33)28(32)38)41-15-18-6-4-3-5-7-18/h3-9,12,14H,10-11,13,15-17H2,1-2H3,(H,31,37). The van der Waals surface area contributed by atoms with Crippen LogP contribution in [-0.2, 0) is 27.4 Å². The Balaban J connectivity index is 1.79. The molecular weight excluding hydrogens is 542 g/mol. The lowest BCUT2D eigenvalue weighted by atomic mass is 10.1. The van der Waals surface area contributed by atoms with Gasteiger partial charge in [-0.1, -0.05) is 36.4 Å². The molecule has 2 heterocycles. The summed E-state index contributed by atoms with van der Waals surface area (Å²) in [6.07, 6.45) is 1.06. The monoisotopic (exact) mass is 570 g/mol. The van der Waals surface area contributed by atoms with Gasteiger partial charge in [-0.2, -0.15) is 0 Å². The van der Waals surface area contributed by atoms with Crippen LogP contribution in [0.2, 0.25) is 0 Å². The van der Waals surface area contributed by atoms with Gasteiger partial charge in [-0.3, -0.25) is 19.2 Å². The molecular formula is C28H28F2N4O7. The SMILES string of the molecule is COCCN1CN(C(=O)COC)n2cc(C(=O)NCc3ccc(F)cc3F)c(=O)c(OCc3ccccc3)c2C1=O. The summed E-state index contributed by atoms with van der Waals surface area (Å²) >= 11 is 0. The Kier molecular flexibility index (Phi) is 9.42. The van der Waals surface area contributed by atoms with E-state index in [1.165, 1.54) is 19.1 Å². The Morgan fingerprint density at radius 2 is 1.78 bits per heavy atom. The molecule has 4 rings (SSSR count). The Bertz CT molecular complexity index is 1500. The third-order valence-corrected chi connectivity index (χ3v) is 6.25. The number of nitrogens with zero attached hydrogens (tertiary/aromatic N) is 3. The number of amides is 3. The van der Waals surface area contributed by atoms with Crippen LogP contribution in [0.15, 0.2) is 59.5 Å². The van der Waals surface area contributed by atoms with Crippen LogP contribution in [-0.4, -0.2) is 67.9 Å². The van der Waals surface area contributed by atoms with Crippen LogP contribution in [0.4, 0.5) is 8.78 Å². The molecule has 2 aromatic carbocycles. The maximum atomic E-state index is 14.1. The number of methoxy groups -OCH3 is 2. The highest BCUT2D eigenvalue weighted by Gasteiger charge is 2.37. The Morgan fingerprint density at radius 3 is 2.46 bits per heavy atom. The molecule has 0 spiro atoms. The molecule has 0 fully saturated rings. The molecule has 3 amide bonds. The van der Waals surface area contributed by atoms with Crippen molar-refractivity contribution in [1.29, 1.82) is 0 Å². The van der Waals surface area contributed by atoms with Crippen LogP contribution in [0.25, 0.3) is 0 Å². The Morgan fingerprint density at radius 1 is 1.02 bits per heavy atom. The second-order valence-electron chi connectivity index (χ2n) is 9.02. The van der Waals surface area contributed by atoms with Crippen molar-refractivity contribution in [3.8, 4) is 5.75 Å². The summed E-state index contributed by atoms with van der Waals surface area (Å²) in [7, 11) is 2.78. The van der Waals surface area contributed by atoms with E-state index in [0.29, 0.717) is 11.6 Å². The molecule has 1 aliphatic rings. The van der Waals surface area contributed by atoms with Gasteiger partial charge < -0.3 is 24.4 Å². The van der Waals surface area contributed by atoms with Crippen LogP contribution in [0, 0.1) is 11.6 Å². The van der Waals surface area contributed by atoms with Gasteiger partial charge in [0.15, 0.2) is 11.4 Å². The summed E-state index contributed by atoms with van der Waals surface area (Å²) in [5.41, 5.74) is -0.977. The van der Waals surface area contributed by atoms with E-state index in [0.717, 1.165) is 28.0 Å². The van der Waals surface area contributed by atoms with Gasteiger partial charge in [0.25, 0.3) is 17.7 Å². The highest BCUT2D eigenvalue weighted by Crippen LogP contribution is 2.24. The molecule has 1 aliphatic heterocycles. The molecule has 1 aromatic heterocycles. The van der Waals surface area contributed by atoms with Gasteiger partial charge in [0.1, 0.15) is 37.1 Å². The number of rotatable bonds is 11. The van der Waals surface area contributed by atoms with Crippen molar-refractivity contribution < 1.29 is 37.4 Å². The van der Waals surface area contributed by atoms with Crippen molar-refractivity contribution in [3.05, 3.63) is 99.0 Å². The molecule has 0 unspecified atom stereocenters. The zero-order valence-corrected chi connectivity index (χ0v) is 22.4. The van der Waals surface area contributed by atoms with Crippen molar-refractivity contribution >= 4 is 17.7 Å². The van der Waals surface area contributed by atoms with Gasteiger partial charge in [-0.05, 0) is 11.6 Å². The van der Waals surface area contributed by atoms with E-state index < -0.39 is 46.1 Å². The minimum absolute atomic E-state index is 0.0146. The molecule has 1 N–H and O–H groups in total. The minimum atomic E-state index is -0.924. The van der Waals surface area contributed by atoms with Crippen molar-refractivity contribution in [2.24, 2.45) is 0 Å². The van der Waals surface area contributed by atoms with Gasteiger partial charge in [0.05, 0.1) is 6.61 Å². The number of aromatic nitrogens is 1. The zero-order chi connectivity index (χ0) is 29.5. The first kappa shape index (κ1) is 29.4. The number of carbonyl (C=O) groups is 3. The predicted octanol–water partition coefficient (Wildman–Crippen LogP) is 1.81. The van der Waals surface area contributed by atoms with E-state index in [4.69, 9.17) is 14.2 Å². The average molecular weight is 571 g/mol. The molecule has 0 saturated heterocycles. The topological polar surface area (TPSA) is 119 Å². The van der Waals surface area contributed by atoms with E-state index in [1.54, 1.807) is 30.3 Å². The highest BCUT2D eigenvalue weighted by molar-refractivity contribution is 6.01. The normalized spacial score (nSPS) is 12.7. The molecule has 0 aliphatic carbocycles. The maximum Gasteiger partial charge on any atom is 0.278 e. The van der Waals surface area contributed by atoms with E-state index in [9.17, 15) is 28.0 Å². The third-order valence-electron chi connectivity index (χ3n) is 6.25. The van der Waals surface area contributed by atoms with Crippen molar-refractivity contribution in [2.45, 2.75) is 13.2 Å². The molecule has 11 nitrogen and oxygen atoms in total. The van der Waals surface area contributed by atoms with Crippen LogP contribution >= 0.6 is 0 Å². The van der Waals surface area contributed by atoms with Crippen molar-refractivity contribution in [2.75, 3.05) is 45.7 Å². The second kappa shape index (κ2) is 13.2. The van der Waals surface area contributed by atoms with E-state index in [-0.39, 0.29) is 50.8 Å². The summed E-state index contributed by atoms with van der Waals surface area (Å²) in [5.74, 6) is -4.22. The molecule has 0 radical (unpaired) electrons. The summed E-state index contributed by atoms with van der Waals surface area (Å²) in [4.78, 5) is 54.8. The van der Waals surface area contributed by atoms with Gasteiger partial charge in [0, 0.05) is 45.1 Å². The largest absolute Gasteiger partial charge is 0.482 e. The zero-order valence-electron chi connectivity index (χ0n) is 22.4. The van der Waals surface area contributed by atoms with Gasteiger partial charge in [0.2, 0.25) is 5.43 Å². The van der Waals surface area contributed by atoms with Crippen LogP contribution < -0.4 is 20.5 Å². The summed E-state index contributed by atoms with van der Waals surface area (Å²) in [6.45, 7) is -0.800. The molecule has 216 valence electrons. The predicted molar refractivity (Wildman–Crippen MR) is 142 cm³/mol. The average Bonchev–Trinajstić information content (AvgIpc) is 2.96. The quantitative estimate of drug-likeness (QED) is 0.374. The minimum Gasteiger partial charge on any atom is -0.482 e. The number of benzene rings is 2. The van der Waals surface area contributed by atoms with Crippen LogP contribution in [0.5, 0.6) is 5.75 Å². The molecule has 0 atom stereocenters. The van der Waals surface area contributed by atoms with Gasteiger partial charge in [-0.25, -0.2) is 18.5 Å². The van der Waals surface area contributed by atoms with Crippen molar-refractivity contribution in [3.63, 3.8) is 0 Å². The van der Waals surface area contributed by atoms with Crippen LogP contribution in [0.3, 0.4) is 0 Å². The lowest BCUT2D eigenvalue weighted by Crippen LogP contribution is -2.58. The number of halogens is 2. The number of hydrogen-bond acceptors (Lipinski definition) is 7. The summed E-state index contributed by atoms with van der Waals surface area (Å²) < 4.78 is 44.5. The van der Waals surface area contributed by atoms with E-state index in [2.05, 4.69) is 5.32 Å². The summed E-state index contributed by atoms with van der Waals surface area (Å²) in [5, 5.41) is 3.57. The molecule has 0 bridgehead atoms. The molecule has 3 aromatic rings. The number of hydrogen-bond donors (Lipinski definition) is 1. The number of ether oxygens (including phenoxy) is 3. The Hall–Kier alpha value is -4.62. The summed E-state index contributed by atoms with van der Waals surface area (Å²) in [6, 6.07) is 11.7. The van der Waals surface area contributed by atoms with E-state index >= 15 is 0 Å². The fourth-order valence-corrected chi connectivity index (χ4v) is 4.14. The lowest BCUT2D eigenvalue weighted by Gasteiger charge is -2.38. The van der Waals surface area contributed by atoms with Crippen LogP contribution in [0.1, 0.15) is 32.0 Å².